The molecule has 2 N–H and O–H groups in total. The van der Waals surface area contributed by atoms with Crippen LogP contribution in [0.5, 0.6) is 11.5 Å². The largest absolute Gasteiger partial charge is 0.480 e. The van der Waals surface area contributed by atoms with Crippen LogP contribution in [0.1, 0.15) is 24.2 Å². The van der Waals surface area contributed by atoms with Crippen LogP contribution in [0.3, 0.4) is 0 Å². The number of ether oxygens (including phenoxy) is 2. The SMILES string of the molecule is CC(C)(NC(=O)c1ccc2c(c1)OCO2)C(=O)O. The quantitative estimate of drug-likeness (QED) is 0.837. The highest BCUT2D eigenvalue weighted by atomic mass is 16.7. The van der Waals surface area contributed by atoms with Crippen molar-refractivity contribution in [2.45, 2.75) is 19.4 Å². The average molecular weight is 251 g/mol. The molecule has 0 spiro atoms. The summed E-state index contributed by atoms with van der Waals surface area (Å²) in [5.74, 6) is -0.517. The topological polar surface area (TPSA) is 84.9 Å². The number of carbonyl (C=O) groups is 2. The molecular formula is C12H13NO5. The molecule has 0 fully saturated rings. The number of rotatable bonds is 3. The van der Waals surface area contributed by atoms with Gasteiger partial charge in [0.2, 0.25) is 6.79 Å². The zero-order valence-electron chi connectivity index (χ0n) is 10.0. The van der Waals surface area contributed by atoms with E-state index in [0.29, 0.717) is 17.1 Å². The van der Waals surface area contributed by atoms with Crippen molar-refractivity contribution in [1.82, 2.24) is 5.32 Å². The van der Waals surface area contributed by atoms with Crippen molar-refractivity contribution in [2.75, 3.05) is 6.79 Å². The minimum Gasteiger partial charge on any atom is -0.480 e. The number of carboxylic acid groups (broad SMARTS) is 1. The van der Waals surface area contributed by atoms with Crippen LogP contribution in [0, 0.1) is 0 Å². The van der Waals surface area contributed by atoms with Gasteiger partial charge >= 0.3 is 5.97 Å². The van der Waals surface area contributed by atoms with E-state index in [1.54, 1.807) is 12.1 Å². The molecule has 6 nitrogen and oxygen atoms in total. The van der Waals surface area contributed by atoms with Gasteiger partial charge in [0.25, 0.3) is 5.91 Å². The van der Waals surface area contributed by atoms with Crippen molar-refractivity contribution in [1.29, 1.82) is 0 Å². The van der Waals surface area contributed by atoms with Crippen molar-refractivity contribution < 1.29 is 24.2 Å². The van der Waals surface area contributed by atoms with Crippen molar-refractivity contribution in [3.05, 3.63) is 23.8 Å². The Balaban J connectivity index is 2.17. The molecule has 0 radical (unpaired) electrons. The number of carbonyl (C=O) groups excluding carboxylic acids is 1. The first kappa shape index (κ1) is 12.2. The van der Waals surface area contributed by atoms with Gasteiger partial charge in [-0.25, -0.2) is 4.79 Å². The molecule has 1 aliphatic rings. The molecule has 0 bridgehead atoms. The Morgan fingerprint density at radius 3 is 2.61 bits per heavy atom. The number of fused-ring (bicyclic) bond motifs is 1. The molecule has 1 aromatic carbocycles. The predicted molar refractivity (Wildman–Crippen MR) is 61.7 cm³/mol. The van der Waals surface area contributed by atoms with E-state index in [9.17, 15) is 9.59 Å². The summed E-state index contributed by atoms with van der Waals surface area (Å²) < 4.78 is 10.3. The Hall–Kier alpha value is -2.24. The zero-order chi connectivity index (χ0) is 13.3. The third-order valence-electron chi connectivity index (χ3n) is 2.60. The highest BCUT2D eigenvalue weighted by Crippen LogP contribution is 2.32. The molecule has 2 rings (SSSR count). The lowest BCUT2D eigenvalue weighted by Gasteiger charge is -2.20. The monoisotopic (exact) mass is 251 g/mol. The Kier molecular flexibility index (Phi) is 2.86. The van der Waals surface area contributed by atoms with E-state index in [0.717, 1.165) is 0 Å². The third-order valence-corrected chi connectivity index (χ3v) is 2.60. The van der Waals surface area contributed by atoms with Crippen LogP contribution < -0.4 is 14.8 Å². The van der Waals surface area contributed by atoms with E-state index in [1.165, 1.54) is 19.9 Å². The van der Waals surface area contributed by atoms with Gasteiger partial charge < -0.3 is 19.9 Å². The van der Waals surface area contributed by atoms with Gasteiger partial charge in [-0.15, -0.1) is 0 Å². The van der Waals surface area contributed by atoms with Gasteiger partial charge in [-0.1, -0.05) is 0 Å². The second-order valence-electron chi connectivity index (χ2n) is 4.45. The fourth-order valence-electron chi connectivity index (χ4n) is 1.45. The van der Waals surface area contributed by atoms with E-state index in [2.05, 4.69) is 5.32 Å². The normalized spacial score (nSPS) is 13.2. The summed E-state index contributed by atoms with van der Waals surface area (Å²) in [5, 5.41) is 11.4. The minimum absolute atomic E-state index is 0.126. The molecule has 0 saturated heterocycles. The maximum absolute atomic E-state index is 11.9. The zero-order valence-corrected chi connectivity index (χ0v) is 10.0. The molecule has 18 heavy (non-hydrogen) atoms. The third kappa shape index (κ3) is 2.22. The molecule has 1 aliphatic heterocycles. The van der Waals surface area contributed by atoms with Gasteiger partial charge in [0, 0.05) is 5.56 Å². The molecular weight excluding hydrogens is 238 g/mol. The lowest BCUT2D eigenvalue weighted by atomic mass is 10.1. The maximum Gasteiger partial charge on any atom is 0.328 e. The maximum atomic E-state index is 11.9. The summed E-state index contributed by atoms with van der Waals surface area (Å²) in [5.41, 5.74) is -0.999. The standard InChI is InChI=1S/C12H13NO5/c1-12(2,11(15)16)13-10(14)7-3-4-8-9(5-7)18-6-17-8/h3-5H,6H2,1-2H3,(H,13,14)(H,15,16). The summed E-state index contributed by atoms with van der Waals surface area (Å²) >= 11 is 0. The molecule has 0 saturated carbocycles. The van der Waals surface area contributed by atoms with E-state index < -0.39 is 17.4 Å². The molecule has 0 aliphatic carbocycles. The van der Waals surface area contributed by atoms with Crippen molar-refractivity contribution in [3.8, 4) is 11.5 Å². The molecule has 0 aromatic heterocycles. The lowest BCUT2D eigenvalue weighted by Crippen LogP contribution is -2.49. The number of nitrogens with one attached hydrogen (secondary N) is 1. The molecule has 1 heterocycles. The minimum atomic E-state index is -1.33. The van der Waals surface area contributed by atoms with Crippen molar-refractivity contribution in [3.63, 3.8) is 0 Å². The van der Waals surface area contributed by atoms with Gasteiger partial charge in [0.15, 0.2) is 11.5 Å². The predicted octanol–water partition coefficient (Wildman–Crippen LogP) is 1.01. The van der Waals surface area contributed by atoms with E-state index in [-0.39, 0.29) is 6.79 Å². The van der Waals surface area contributed by atoms with Gasteiger partial charge in [-0.05, 0) is 32.0 Å². The summed E-state index contributed by atoms with van der Waals surface area (Å²) in [6.07, 6.45) is 0. The summed E-state index contributed by atoms with van der Waals surface area (Å²) in [6.45, 7) is 2.96. The summed E-state index contributed by atoms with van der Waals surface area (Å²) in [4.78, 5) is 22.8. The number of amides is 1. The summed E-state index contributed by atoms with van der Waals surface area (Å²) in [7, 11) is 0. The second-order valence-corrected chi connectivity index (χ2v) is 4.45. The Morgan fingerprint density at radius 2 is 1.94 bits per heavy atom. The number of benzene rings is 1. The lowest BCUT2D eigenvalue weighted by molar-refractivity contribution is -0.143. The highest BCUT2D eigenvalue weighted by Gasteiger charge is 2.29. The Morgan fingerprint density at radius 1 is 1.28 bits per heavy atom. The van der Waals surface area contributed by atoms with E-state index in [1.807, 2.05) is 0 Å². The van der Waals surface area contributed by atoms with Crippen LogP contribution in [-0.4, -0.2) is 29.3 Å². The molecule has 0 atom stereocenters. The van der Waals surface area contributed by atoms with Crippen molar-refractivity contribution >= 4 is 11.9 Å². The average Bonchev–Trinajstić information content (AvgIpc) is 2.74. The van der Waals surface area contributed by atoms with E-state index >= 15 is 0 Å². The van der Waals surface area contributed by atoms with Crippen molar-refractivity contribution in [2.24, 2.45) is 0 Å². The fraction of sp³-hybridized carbons (Fsp3) is 0.333. The van der Waals surface area contributed by atoms with Gasteiger partial charge in [-0.3, -0.25) is 4.79 Å². The number of hydrogen-bond donors (Lipinski definition) is 2. The number of carboxylic acids is 1. The molecule has 96 valence electrons. The second kappa shape index (κ2) is 4.21. The van der Waals surface area contributed by atoms with Crippen LogP contribution in [0.2, 0.25) is 0 Å². The van der Waals surface area contributed by atoms with Gasteiger partial charge in [-0.2, -0.15) is 0 Å². The van der Waals surface area contributed by atoms with Gasteiger partial charge in [0.1, 0.15) is 5.54 Å². The van der Waals surface area contributed by atoms with Crippen LogP contribution in [0.25, 0.3) is 0 Å². The highest BCUT2D eigenvalue weighted by molar-refractivity contribution is 5.98. The number of hydrogen-bond acceptors (Lipinski definition) is 4. The first-order chi connectivity index (χ1) is 8.40. The Labute approximate surface area is 104 Å². The van der Waals surface area contributed by atoms with Crippen LogP contribution in [0.15, 0.2) is 18.2 Å². The van der Waals surface area contributed by atoms with Crippen LogP contribution >= 0.6 is 0 Å². The smallest absolute Gasteiger partial charge is 0.328 e. The Bertz CT molecular complexity index is 509. The molecule has 0 unspecified atom stereocenters. The summed E-state index contributed by atoms with van der Waals surface area (Å²) in [6, 6.07) is 4.70. The first-order valence-electron chi connectivity index (χ1n) is 5.36. The fourth-order valence-corrected chi connectivity index (χ4v) is 1.45. The molecule has 1 aromatic rings. The number of aliphatic carboxylic acids is 1. The van der Waals surface area contributed by atoms with E-state index in [4.69, 9.17) is 14.6 Å². The van der Waals surface area contributed by atoms with Crippen LogP contribution in [0.4, 0.5) is 0 Å². The first-order valence-corrected chi connectivity index (χ1v) is 5.36. The molecule has 1 amide bonds. The van der Waals surface area contributed by atoms with Crippen LogP contribution in [-0.2, 0) is 4.79 Å². The van der Waals surface area contributed by atoms with Gasteiger partial charge in [0.05, 0.1) is 0 Å². The molecule has 6 heteroatoms.